The van der Waals surface area contributed by atoms with Crippen molar-refractivity contribution in [3.63, 3.8) is 0 Å². The molecule has 3 aromatic rings. The van der Waals surface area contributed by atoms with Gasteiger partial charge < -0.3 is 4.74 Å². The molecule has 0 fully saturated rings. The molecule has 132 valence electrons. The summed E-state index contributed by atoms with van der Waals surface area (Å²) >= 11 is 4.39. The number of thioether (sulfide) groups is 1. The molecule has 0 radical (unpaired) electrons. The van der Waals surface area contributed by atoms with E-state index in [0.717, 1.165) is 15.8 Å². The second-order valence-electron chi connectivity index (χ2n) is 5.00. The highest BCUT2D eigenvalue weighted by Crippen LogP contribution is 2.26. The monoisotopic (exact) mass is 396 g/mol. The predicted molar refractivity (Wildman–Crippen MR) is 98.5 cm³/mol. The van der Waals surface area contributed by atoms with E-state index in [1.807, 2.05) is 12.3 Å². The van der Waals surface area contributed by atoms with Crippen LogP contribution in [-0.2, 0) is 28.1 Å². The first-order valence-electron chi connectivity index (χ1n) is 7.70. The fourth-order valence-corrected chi connectivity index (χ4v) is 4.64. The zero-order valence-electron chi connectivity index (χ0n) is 13.7. The number of thiazole rings is 1. The molecule has 3 aromatic heterocycles. The SMILES string of the molecule is CCOC(=O)Cc1csc(SCc2cc(=O)n3nc(CC)sc3n2)n1. The number of hydrogen-bond donors (Lipinski definition) is 0. The first-order valence-corrected chi connectivity index (χ1v) is 10.4. The van der Waals surface area contributed by atoms with Crippen LogP contribution in [0, 0.1) is 0 Å². The number of rotatable bonds is 7. The lowest BCUT2D eigenvalue weighted by molar-refractivity contribution is -0.142. The van der Waals surface area contributed by atoms with Gasteiger partial charge in [-0.1, -0.05) is 30.0 Å². The normalized spacial score (nSPS) is 11.1. The van der Waals surface area contributed by atoms with Gasteiger partial charge >= 0.3 is 5.97 Å². The Hall–Kier alpha value is -1.78. The maximum atomic E-state index is 12.1. The summed E-state index contributed by atoms with van der Waals surface area (Å²) in [4.78, 5) is 33.1. The summed E-state index contributed by atoms with van der Waals surface area (Å²) in [5.74, 6) is 0.263. The average Bonchev–Trinajstić information content (AvgIpc) is 3.19. The molecule has 25 heavy (non-hydrogen) atoms. The highest BCUT2D eigenvalue weighted by molar-refractivity contribution is 8.00. The second-order valence-corrected chi connectivity index (χ2v) is 8.13. The van der Waals surface area contributed by atoms with E-state index in [1.54, 1.807) is 6.92 Å². The molecule has 0 saturated carbocycles. The number of nitrogens with zero attached hydrogens (tertiary/aromatic N) is 4. The number of fused-ring (bicyclic) bond motifs is 1. The molecule has 10 heteroatoms. The summed E-state index contributed by atoms with van der Waals surface area (Å²) in [7, 11) is 0. The number of carbonyl (C=O) groups excluding carboxylic acids is 1. The molecular weight excluding hydrogens is 380 g/mol. The van der Waals surface area contributed by atoms with Gasteiger partial charge in [-0.3, -0.25) is 9.59 Å². The summed E-state index contributed by atoms with van der Waals surface area (Å²) in [6.07, 6.45) is 0.955. The minimum atomic E-state index is -0.276. The van der Waals surface area contributed by atoms with E-state index >= 15 is 0 Å². The van der Waals surface area contributed by atoms with E-state index in [1.165, 1.54) is 45.0 Å². The molecule has 3 heterocycles. The van der Waals surface area contributed by atoms with Crippen LogP contribution in [0.2, 0.25) is 0 Å². The Morgan fingerprint density at radius 3 is 2.92 bits per heavy atom. The first kappa shape index (κ1) is 18.0. The molecule has 0 amide bonds. The Morgan fingerprint density at radius 1 is 1.32 bits per heavy atom. The standard InChI is InChI=1S/C15H16N4O3S3/c1-3-11-18-19-12(20)5-9(16-14(19)25-11)7-23-15-17-10(8-24-15)6-13(21)22-4-2/h5,8H,3-4,6-7H2,1-2H3. The Morgan fingerprint density at radius 2 is 2.16 bits per heavy atom. The van der Waals surface area contributed by atoms with Crippen molar-refractivity contribution < 1.29 is 9.53 Å². The van der Waals surface area contributed by atoms with Crippen LogP contribution >= 0.6 is 34.4 Å². The molecule has 0 bridgehead atoms. The minimum absolute atomic E-state index is 0.168. The van der Waals surface area contributed by atoms with E-state index in [-0.39, 0.29) is 17.9 Å². The van der Waals surface area contributed by atoms with Crippen molar-refractivity contribution in [1.82, 2.24) is 19.6 Å². The van der Waals surface area contributed by atoms with Gasteiger partial charge in [0.25, 0.3) is 5.56 Å². The van der Waals surface area contributed by atoms with Crippen molar-refractivity contribution in [2.45, 2.75) is 36.8 Å². The lowest BCUT2D eigenvalue weighted by atomic mass is 10.3. The van der Waals surface area contributed by atoms with Crippen molar-refractivity contribution in [2.24, 2.45) is 0 Å². The lowest BCUT2D eigenvalue weighted by Crippen LogP contribution is -2.15. The topological polar surface area (TPSA) is 86.5 Å². The van der Waals surface area contributed by atoms with E-state index in [0.29, 0.717) is 28.7 Å². The predicted octanol–water partition coefficient (Wildman–Crippen LogP) is 2.57. The summed E-state index contributed by atoms with van der Waals surface area (Å²) in [6.45, 7) is 4.14. The zero-order chi connectivity index (χ0) is 17.8. The molecule has 0 aliphatic carbocycles. The Labute approximate surface area is 156 Å². The van der Waals surface area contributed by atoms with Gasteiger partial charge in [-0.2, -0.15) is 9.61 Å². The smallest absolute Gasteiger partial charge is 0.311 e. The largest absolute Gasteiger partial charge is 0.466 e. The molecule has 0 unspecified atom stereocenters. The van der Waals surface area contributed by atoms with Crippen LogP contribution in [0.15, 0.2) is 20.6 Å². The highest BCUT2D eigenvalue weighted by Gasteiger charge is 2.11. The number of ether oxygens (including phenoxy) is 1. The highest BCUT2D eigenvalue weighted by atomic mass is 32.2. The fraction of sp³-hybridized carbons (Fsp3) is 0.400. The van der Waals surface area contributed by atoms with Gasteiger partial charge in [0.2, 0.25) is 4.96 Å². The van der Waals surface area contributed by atoms with Crippen molar-refractivity contribution >= 4 is 45.4 Å². The van der Waals surface area contributed by atoms with Gasteiger partial charge in [-0.15, -0.1) is 11.3 Å². The molecule has 0 atom stereocenters. The second kappa shape index (κ2) is 8.07. The van der Waals surface area contributed by atoms with Crippen LogP contribution in [-0.4, -0.2) is 32.2 Å². The molecule has 7 nitrogen and oxygen atoms in total. The zero-order valence-corrected chi connectivity index (χ0v) is 16.2. The lowest BCUT2D eigenvalue weighted by Gasteiger charge is -1.99. The van der Waals surface area contributed by atoms with E-state index in [2.05, 4.69) is 15.1 Å². The van der Waals surface area contributed by atoms with Crippen molar-refractivity contribution in [3.8, 4) is 0 Å². The Kier molecular flexibility index (Phi) is 5.82. The van der Waals surface area contributed by atoms with Gasteiger partial charge in [0.15, 0.2) is 4.34 Å². The van der Waals surface area contributed by atoms with Crippen LogP contribution < -0.4 is 5.56 Å². The molecule has 0 saturated heterocycles. The molecule has 3 rings (SSSR count). The Balaban J connectivity index is 1.67. The van der Waals surface area contributed by atoms with Gasteiger partial charge in [-0.25, -0.2) is 9.97 Å². The number of hydrogen-bond acceptors (Lipinski definition) is 9. The fourth-order valence-electron chi connectivity index (χ4n) is 2.04. The van der Waals surface area contributed by atoms with Gasteiger partial charge in [-0.05, 0) is 13.3 Å². The minimum Gasteiger partial charge on any atom is -0.466 e. The quantitative estimate of drug-likeness (QED) is 0.448. The van der Waals surface area contributed by atoms with Gasteiger partial charge in [0, 0.05) is 17.2 Å². The summed E-state index contributed by atoms with van der Waals surface area (Å²) in [5.41, 5.74) is 1.23. The third-order valence-corrected chi connectivity index (χ3v) is 6.30. The third-order valence-electron chi connectivity index (χ3n) is 3.15. The average molecular weight is 397 g/mol. The van der Waals surface area contributed by atoms with Crippen LogP contribution in [0.25, 0.3) is 4.96 Å². The van der Waals surface area contributed by atoms with Gasteiger partial charge in [0.05, 0.1) is 24.4 Å². The summed E-state index contributed by atoms with van der Waals surface area (Å²) in [5, 5.41) is 6.97. The number of aryl methyl sites for hydroxylation is 1. The number of carbonyl (C=O) groups is 1. The number of aromatic nitrogens is 4. The molecule has 0 N–H and O–H groups in total. The van der Waals surface area contributed by atoms with Crippen LogP contribution in [0.4, 0.5) is 0 Å². The maximum absolute atomic E-state index is 12.1. The maximum Gasteiger partial charge on any atom is 0.311 e. The van der Waals surface area contributed by atoms with E-state index in [4.69, 9.17) is 4.74 Å². The van der Waals surface area contributed by atoms with Crippen LogP contribution in [0.5, 0.6) is 0 Å². The summed E-state index contributed by atoms with van der Waals surface area (Å²) < 4.78 is 7.10. The molecular formula is C15H16N4O3S3. The first-order chi connectivity index (χ1) is 12.1. The summed E-state index contributed by atoms with van der Waals surface area (Å²) in [6, 6.07) is 1.51. The molecule has 0 aromatic carbocycles. The van der Waals surface area contributed by atoms with Gasteiger partial charge in [0.1, 0.15) is 5.01 Å². The van der Waals surface area contributed by atoms with E-state index < -0.39 is 0 Å². The molecule has 0 spiro atoms. The van der Waals surface area contributed by atoms with E-state index in [9.17, 15) is 9.59 Å². The van der Waals surface area contributed by atoms with Crippen molar-refractivity contribution in [2.75, 3.05) is 6.61 Å². The van der Waals surface area contributed by atoms with Crippen molar-refractivity contribution in [1.29, 1.82) is 0 Å². The van der Waals surface area contributed by atoms with Crippen molar-refractivity contribution in [3.05, 3.63) is 38.2 Å². The Bertz CT molecular complexity index is 947. The van der Waals surface area contributed by atoms with Crippen LogP contribution in [0.1, 0.15) is 30.2 Å². The van der Waals surface area contributed by atoms with Crippen LogP contribution in [0.3, 0.4) is 0 Å². The third kappa shape index (κ3) is 4.44. The molecule has 0 aliphatic rings. The molecule has 0 aliphatic heterocycles. The number of esters is 1.